The molecule has 2 aliphatic rings. The molecular formula is C26H40FN5O7. The Labute approximate surface area is 227 Å². The lowest BCUT2D eigenvalue weighted by atomic mass is 9.91. The number of nitrogens with one attached hydrogen (secondary N) is 3. The molecule has 13 heteroatoms. The molecule has 0 bridgehead atoms. The highest BCUT2D eigenvalue weighted by Gasteiger charge is 2.23. The number of nitrogens with zero attached hydrogens (tertiary/aromatic N) is 2. The second kappa shape index (κ2) is 17.2. The highest BCUT2D eigenvalue weighted by Crippen LogP contribution is 2.24. The molecule has 2 fully saturated rings. The normalized spacial score (nSPS) is 16.1. The predicted octanol–water partition coefficient (Wildman–Crippen LogP) is 3.80. The first kappa shape index (κ1) is 31.8. The molecule has 0 unspecified atom stereocenters. The van der Waals surface area contributed by atoms with Crippen LogP contribution in [0, 0.1) is 17.7 Å². The standard InChI is InChI=1S/C16H22FN3O3.C10H18N2O4/c17-13-4-6-14(7-5-13)18-16(22)20-10-8-12(9-11-20)2-1-3-15(21)19-23;13-9(11-16)3-1-2-8-4-6-12(7-5-8)10(14)15/h4-7,12,23H,1-3,8-11H2,(H,18,22)(H,19,21);8,16H,1-7H2,(H,11,13)(H,14,15). The number of carbonyl (C=O) groups excluding carboxylic acids is 3. The van der Waals surface area contributed by atoms with Gasteiger partial charge in [-0.25, -0.2) is 24.9 Å². The number of carboxylic acid groups (broad SMARTS) is 1. The van der Waals surface area contributed by atoms with E-state index >= 15 is 0 Å². The maximum Gasteiger partial charge on any atom is 0.407 e. The Morgan fingerprint density at radius 2 is 1.21 bits per heavy atom. The predicted molar refractivity (Wildman–Crippen MR) is 140 cm³/mol. The zero-order valence-corrected chi connectivity index (χ0v) is 22.1. The molecule has 0 atom stereocenters. The summed E-state index contributed by atoms with van der Waals surface area (Å²) in [7, 11) is 0. The first-order valence-corrected chi connectivity index (χ1v) is 13.4. The van der Waals surface area contributed by atoms with Crippen LogP contribution >= 0.6 is 0 Å². The molecule has 218 valence electrons. The Hall–Kier alpha value is -3.45. The van der Waals surface area contributed by atoms with Crippen LogP contribution in [0.4, 0.5) is 19.7 Å². The zero-order valence-electron chi connectivity index (χ0n) is 22.1. The molecule has 5 amide bonds. The summed E-state index contributed by atoms with van der Waals surface area (Å²) in [6, 6.07) is 5.52. The van der Waals surface area contributed by atoms with Gasteiger partial charge in [-0.15, -0.1) is 0 Å². The molecule has 12 nitrogen and oxygen atoms in total. The average Bonchev–Trinajstić information content (AvgIpc) is 2.95. The quantitative estimate of drug-likeness (QED) is 0.199. The number of amides is 5. The highest BCUT2D eigenvalue weighted by atomic mass is 19.1. The van der Waals surface area contributed by atoms with Gasteiger partial charge in [0.1, 0.15) is 5.82 Å². The Morgan fingerprint density at radius 1 is 0.769 bits per heavy atom. The molecule has 2 aliphatic heterocycles. The fourth-order valence-electron chi connectivity index (χ4n) is 4.79. The molecule has 0 radical (unpaired) electrons. The number of urea groups is 1. The van der Waals surface area contributed by atoms with Gasteiger partial charge in [0.15, 0.2) is 0 Å². The maximum atomic E-state index is 12.8. The first-order valence-electron chi connectivity index (χ1n) is 13.4. The third-order valence-electron chi connectivity index (χ3n) is 7.16. The van der Waals surface area contributed by atoms with E-state index in [-0.39, 0.29) is 23.7 Å². The van der Waals surface area contributed by atoms with Gasteiger partial charge in [0, 0.05) is 44.7 Å². The van der Waals surface area contributed by atoms with E-state index in [2.05, 4.69) is 5.32 Å². The summed E-state index contributed by atoms with van der Waals surface area (Å²) < 4.78 is 12.8. The monoisotopic (exact) mass is 553 g/mol. The maximum absolute atomic E-state index is 12.8. The second-order valence-corrected chi connectivity index (χ2v) is 9.93. The number of hydrogen-bond donors (Lipinski definition) is 6. The van der Waals surface area contributed by atoms with Crippen molar-refractivity contribution in [3.63, 3.8) is 0 Å². The number of hydrogen-bond acceptors (Lipinski definition) is 6. The van der Waals surface area contributed by atoms with E-state index in [4.69, 9.17) is 15.5 Å². The highest BCUT2D eigenvalue weighted by molar-refractivity contribution is 5.89. The molecule has 6 N–H and O–H groups in total. The van der Waals surface area contributed by atoms with Gasteiger partial charge in [0.2, 0.25) is 11.8 Å². The average molecular weight is 554 g/mol. The molecule has 1 aromatic carbocycles. The van der Waals surface area contributed by atoms with Crippen molar-refractivity contribution >= 4 is 29.6 Å². The van der Waals surface area contributed by atoms with Crippen molar-refractivity contribution in [1.29, 1.82) is 0 Å². The first-order chi connectivity index (χ1) is 18.7. The third-order valence-corrected chi connectivity index (χ3v) is 7.16. The number of rotatable bonds is 9. The van der Waals surface area contributed by atoms with Crippen LogP contribution in [0.5, 0.6) is 0 Å². The number of piperidine rings is 2. The van der Waals surface area contributed by atoms with Crippen LogP contribution in [0.1, 0.15) is 64.2 Å². The van der Waals surface area contributed by atoms with Crippen molar-refractivity contribution in [1.82, 2.24) is 20.8 Å². The van der Waals surface area contributed by atoms with Crippen molar-refractivity contribution in [3.8, 4) is 0 Å². The fraction of sp³-hybridized carbons (Fsp3) is 0.615. The summed E-state index contributed by atoms with van der Waals surface area (Å²) in [5.41, 5.74) is 3.80. The minimum absolute atomic E-state index is 0.172. The molecule has 39 heavy (non-hydrogen) atoms. The van der Waals surface area contributed by atoms with Crippen molar-refractivity contribution < 1.29 is 39.1 Å². The van der Waals surface area contributed by atoms with E-state index in [9.17, 15) is 23.6 Å². The zero-order chi connectivity index (χ0) is 28.6. The number of anilines is 1. The molecule has 3 rings (SSSR count). The summed E-state index contributed by atoms with van der Waals surface area (Å²) in [5, 5.41) is 28.2. The molecule has 0 aromatic heterocycles. The Balaban J connectivity index is 0.000000293. The second-order valence-electron chi connectivity index (χ2n) is 9.93. The van der Waals surface area contributed by atoms with Crippen molar-refractivity contribution in [2.24, 2.45) is 11.8 Å². The van der Waals surface area contributed by atoms with E-state index in [1.165, 1.54) is 29.2 Å². The lowest BCUT2D eigenvalue weighted by molar-refractivity contribution is -0.130. The number of hydroxylamine groups is 2. The number of halogens is 1. The van der Waals surface area contributed by atoms with E-state index in [0.717, 1.165) is 51.4 Å². The SMILES string of the molecule is O=C(CCCC1CCN(C(=O)Nc2ccc(F)cc2)CC1)NO.O=C(CCCC1CCN(C(=O)O)CC1)NO. The minimum Gasteiger partial charge on any atom is -0.465 e. The van der Waals surface area contributed by atoms with E-state index in [1.807, 2.05) is 0 Å². The van der Waals surface area contributed by atoms with Gasteiger partial charge in [-0.3, -0.25) is 20.0 Å². The van der Waals surface area contributed by atoms with Crippen LogP contribution in [-0.4, -0.2) is 75.4 Å². The lowest BCUT2D eigenvalue weighted by Gasteiger charge is -2.32. The Bertz CT molecular complexity index is 918. The van der Waals surface area contributed by atoms with Gasteiger partial charge < -0.3 is 20.2 Å². The molecule has 2 saturated heterocycles. The molecule has 0 spiro atoms. The number of benzene rings is 1. The Kier molecular flexibility index (Phi) is 14.0. The number of carbonyl (C=O) groups is 4. The molecular weight excluding hydrogens is 513 g/mol. The van der Waals surface area contributed by atoms with Crippen LogP contribution < -0.4 is 16.3 Å². The van der Waals surface area contributed by atoms with Gasteiger partial charge in [-0.1, -0.05) is 0 Å². The smallest absolute Gasteiger partial charge is 0.407 e. The Morgan fingerprint density at radius 3 is 1.62 bits per heavy atom. The summed E-state index contributed by atoms with van der Waals surface area (Å²) in [6.45, 7) is 2.52. The summed E-state index contributed by atoms with van der Waals surface area (Å²) in [5.74, 6) is -0.0544. The van der Waals surface area contributed by atoms with Gasteiger partial charge in [0.05, 0.1) is 0 Å². The minimum atomic E-state index is -0.849. The van der Waals surface area contributed by atoms with Crippen molar-refractivity contribution in [3.05, 3.63) is 30.1 Å². The van der Waals surface area contributed by atoms with Crippen molar-refractivity contribution in [2.45, 2.75) is 64.2 Å². The summed E-state index contributed by atoms with van der Waals surface area (Å²) >= 11 is 0. The van der Waals surface area contributed by atoms with Gasteiger partial charge in [-0.2, -0.15) is 0 Å². The van der Waals surface area contributed by atoms with Crippen molar-refractivity contribution in [2.75, 3.05) is 31.5 Å². The largest absolute Gasteiger partial charge is 0.465 e. The molecule has 1 aromatic rings. The molecule has 2 heterocycles. The van der Waals surface area contributed by atoms with Gasteiger partial charge in [-0.05, 0) is 87.5 Å². The van der Waals surface area contributed by atoms with Crippen LogP contribution in [0.3, 0.4) is 0 Å². The van der Waals surface area contributed by atoms with Crippen LogP contribution in [0.15, 0.2) is 24.3 Å². The van der Waals surface area contributed by atoms with E-state index in [1.54, 1.807) is 15.9 Å². The van der Waals surface area contributed by atoms with Gasteiger partial charge in [0.25, 0.3) is 0 Å². The summed E-state index contributed by atoms with van der Waals surface area (Å²) in [4.78, 5) is 47.7. The molecule has 0 aliphatic carbocycles. The summed E-state index contributed by atoms with van der Waals surface area (Å²) in [6.07, 6.45) is 6.65. The van der Waals surface area contributed by atoms with Crippen LogP contribution in [-0.2, 0) is 9.59 Å². The van der Waals surface area contributed by atoms with Crippen LogP contribution in [0.2, 0.25) is 0 Å². The topological polar surface area (TPSA) is 172 Å². The lowest BCUT2D eigenvalue weighted by Crippen LogP contribution is -2.41. The van der Waals surface area contributed by atoms with Crippen LogP contribution in [0.25, 0.3) is 0 Å². The fourth-order valence-corrected chi connectivity index (χ4v) is 4.79. The number of likely N-dealkylation sites (tertiary alicyclic amines) is 2. The molecule has 0 saturated carbocycles. The van der Waals surface area contributed by atoms with Gasteiger partial charge >= 0.3 is 12.1 Å². The third kappa shape index (κ3) is 12.3. The van der Waals surface area contributed by atoms with E-state index < -0.39 is 6.09 Å². The van der Waals surface area contributed by atoms with E-state index in [0.29, 0.717) is 56.5 Å².